The largest absolute Gasteiger partial charge is 0.482 e. The van der Waals surface area contributed by atoms with Gasteiger partial charge >= 0.3 is 0 Å². The first-order valence-electron chi connectivity index (χ1n) is 6.51. The molecule has 108 valence electrons. The van der Waals surface area contributed by atoms with Gasteiger partial charge in [-0.3, -0.25) is 4.79 Å². The van der Waals surface area contributed by atoms with Gasteiger partial charge in [-0.15, -0.1) is 0 Å². The van der Waals surface area contributed by atoms with Crippen LogP contribution in [0.4, 0.5) is 5.69 Å². The lowest BCUT2D eigenvalue weighted by Crippen LogP contribution is -2.25. The van der Waals surface area contributed by atoms with Crippen LogP contribution in [-0.2, 0) is 4.79 Å². The Balaban J connectivity index is 1.96. The van der Waals surface area contributed by atoms with Crippen LogP contribution < -0.4 is 10.1 Å². The van der Waals surface area contributed by atoms with Crippen LogP contribution in [0.25, 0.3) is 0 Å². The molecule has 0 aliphatic carbocycles. The molecule has 1 aliphatic heterocycles. The summed E-state index contributed by atoms with van der Waals surface area (Å²) in [5.41, 5.74) is 3.91. The van der Waals surface area contributed by atoms with Crippen molar-refractivity contribution in [2.75, 3.05) is 11.9 Å². The number of hydrogen-bond donors (Lipinski definition) is 1. The fraction of sp³-hybridized carbons (Fsp3) is 0.188. The second-order valence-corrected chi connectivity index (χ2v) is 6.37. The molecule has 3 rings (SSSR count). The third-order valence-electron chi connectivity index (χ3n) is 3.29. The third-order valence-corrected chi connectivity index (χ3v) is 4.56. The Hall–Kier alpha value is -1.52. The van der Waals surface area contributed by atoms with Gasteiger partial charge in [0.2, 0.25) is 0 Å². The van der Waals surface area contributed by atoms with Crippen molar-refractivity contribution in [2.24, 2.45) is 0 Å². The van der Waals surface area contributed by atoms with E-state index in [4.69, 9.17) is 16.3 Å². The average molecular weight is 367 g/mol. The summed E-state index contributed by atoms with van der Waals surface area (Å²) in [7, 11) is 0. The number of carbonyl (C=O) groups is 1. The highest BCUT2D eigenvalue weighted by molar-refractivity contribution is 9.09. The molecule has 0 saturated heterocycles. The van der Waals surface area contributed by atoms with Gasteiger partial charge in [-0.2, -0.15) is 0 Å². The van der Waals surface area contributed by atoms with Gasteiger partial charge in [-0.25, -0.2) is 0 Å². The van der Waals surface area contributed by atoms with E-state index in [0.29, 0.717) is 16.5 Å². The number of nitrogens with one attached hydrogen (secondary N) is 1. The number of anilines is 1. The number of amides is 1. The number of alkyl halides is 1. The predicted octanol–water partition coefficient (Wildman–Crippen LogP) is 4.46. The van der Waals surface area contributed by atoms with Crippen molar-refractivity contribution in [2.45, 2.75) is 11.8 Å². The predicted molar refractivity (Wildman–Crippen MR) is 87.5 cm³/mol. The fourth-order valence-corrected chi connectivity index (χ4v) is 3.21. The number of fused-ring (bicyclic) bond motifs is 1. The van der Waals surface area contributed by atoms with Crippen LogP contribution in [0.15, 0.2) is 36.4 Å². The van der Waals surface area contributed by atoms with Gasteiger partial charge in [0.15, 0.2) is 6.61 Å². The summed E-state index contributed by atoms with van der Waals surface area (Å²) >= 11 is 9.81. The molecule has 1 N–H and O–H groups in total. The van der Waals surface area contributed by atoms with Crippen molar-refractivity contribution in [3.05, 3.63) is 58.1 Å². The summed E-state index contributed by atoms with van der Waals surface area (Å²) in [5, 5.41) is 3.53. The van der Waals surface area contributed by atoms with E-state index in [9.17, 15) is 4.79 Å². The van der Waals surface area contributed by atoms with E-state index in [-0.39, 0.29) is 17.3 Å². The Morgan fingerprint density at radius 3 is 2.81 bits per heavy atom. The van der Waals surface area contributed by atoms with Gasteiger partial charge in [-0.1, -0.05) is 39.7 Å². The first-order valence-corrected chi connectivity index (χ1v) is 7.80. The van der Waals surface area contributed by atoms with Crippen LogP contribution in [-0.4, -0.2) is 12.5 Å². The fourth-order valence-electron chi connectivity index (χ4n) is 2.36. The van der Waals surface area contributed by atoms with Crippen molar-refractivity contribution in [1.82, 2.24) is 0 Å². The number of carbonyl (C=O) groups excluding carboxylic acids is 1. The lowest BCUT2D eigenvalue weighted by atomic mass is 10.0. The second-order valence-electron chi connectivity index (χ2n) is 5.02. The summed E-state index contributed by atoms with van der Waals surface area (Å²) in [6.07, 6.45) is 0. The van der Waals surface area contributed by atoms with E-state index in [0.717, 1.165) is 16.7 Å². The van der Waals surface area contributed by atoms with E-state index in [1.165, 1.54) is 0 Å². The van der Waals surface area contributed by atoms with Crippen molar-refractivity contribution in [3.63, 3.8) is 0 Å². The van der Waals surface area contributed by atoms with Crippen LogP contribution in [0, 0.1) is 6.92 Å². The first kappa shape index (κ1) is 14.4. The number of aryl methyl sites for hydroxylation is 1. The van der Waals surface area contributed by atoms with Gasteiger partial charge in [0.25, 0.3) is 5.91 Å². The van der Waals surface area contributed by atoms with Gasteiger partial charge in [0.1, 0.15) is 5.75 Å². The van der Waals surface area contributed by atoms with Crippen molar-refractivity contribution >= 4 is 39.1 Å². The third kappa shape index (κ3) is 3.06. The summed E-state index contributed by atoms with van der Waals surface area (Å²) in [6, 6.07) is 11.7. The first-order chi connectivity index (χ1) is 10.0. The number of rotatable bonds is 2. The van der Waals surface area contributed by atoms with Crippen molar-refractivity contribution in [3.8, 4) is 5.75 Å². The Morgan fingerprint density at radius 1 is 1.24 bits per heavy atom. The van der Waals surface area contributed by atoms with Crippen LogP contribution in [0.1, 0.15) is 21.5 Å². The molecule has 3 nitrogen and oxygen atoms in total. The minimum absolute atomic E-state index is 0.000899. The van der Waals surface area contributed by atoms with Crippen molar-refractivity contribution in [1.29, 1.82) is 0 Å². The molecule has 0 radical (unpaired) electrons. The zero-order valence-electron chi connectivity index (χ0n) is 11.3. The van der Waals surface area contributed by atoms with E-state index < -0.39 is 0 Å². The maximum Gasteiger partial charge on any atom is 0.262 e. The number of hydrogen-bond acceptors (Lipinski definition) is 2. The SMILES string of the molecule is Cc1cc(Cl)cc(C(Br)c2ccc3c(c2)NC(=O)CO3)c1. The average Bonchev–Trinajstić information content (AvgIpc) is 2.44. The van der Waals surface area contributed by atoms with Crippen LogP contribution >= 0.6 is 27.5 Å². The Kier molecular flexibility index (Phi) is 3.91. The zero-order chi connectivity index (χ0) is 15.0. The molecule has 0 spiro atoms. The maximum atomic E-state index is 11.4. The summed E-state index contributed by atoms with van der Waals surface area (Å²) in [6.45, 7) is 2.08. The van der Waals surface area contributed by atoms with Gasteiger partial charge in [0.05, 0.1) is 10.5 Å². The van der Waals surface area contributed by atoms with Crippen LogP contribution in [0.3, 0.4) is 0 Å². The van der Waals surface area contributed by atoms with Gasteiger partial charge in [0, 0.05) is 5.02 Å². The molecule has 5 heteroatoms. The lowest BCUT2D eigenvalue weighted by molar-refractivity contribution is -0.118. The molecular weight excluding hydrogens is 354 g/mol. The molecule has 1 atom stereocenters. The van der Waals surface area contributed by atoms with E-state index in [1.807, 2.05) is 37.3 Å². The Labute approximate surface area is 136 Å². The van der Waals surface area contributed by atoms with Crippen molar-refractivity contribution < 1.29 is 9.53 Å². The van der Waals surface area contributed by atoms with Gasteiger partial charge in [-0.05, 0) is 47.9 Å². The smallest absolute Gasteiger partial charge is 0.262 e. The molecule has 1 unspecified atom stereocenters. The summed E-state index contributed by atoms with van der Waals surface area (Å²) in [4.78, 5) is 11.4. The molecule has 1 heterocycles. The highest BCUT2D eigenvalue weighted by Gasteiger charge is 2.19. The molecule has 0 bridgehead atoms. The maximum absolute atomic E-state index is 11.4. The molecule has 1 amide bonds. The molecule has 21 heavy (non-hydrogen) atoms. The molecule has 1 aliphatic rings. The Morgan fingerprint density at radius 2 is 2.05 bits per heavy atom. The van der Waals surface area contributed by atoms with Gasteiger partial charge < -0.3 is 10.1 Å². The highest BCUT2D eigenvalue weighted by Crippen LogP contribution is 2.37. The minimum Gasteiger partial charge on any atom is -0.482 e. The molecule has 0 aromatic heterocycles. The monoisotopic (exact) mass is 365 g/mol. The highest BCUT2D eigenvalue weighted by atomic mass is 79.9. The van der Waals surface area contributed by atoms with E-state index >= 15 is 0 Å². The topological polar surface area (TPSA) is 38.3 Å². The number of halogens is 2. The lowest BCUT2D eigenvalue weighted by Gasteiger charge is -2.20. The van der Waals surface area contributed by atoms with E-state index in [1.54, 1.807) is 0 Å². The molecule has 0 fully saturated rings. The summed E-state index contributed by atoms with van der Waals surface area (Å²) in [5.74, 6) is 0.560. The Bertz CT molecular complexity index is 697. The quantitative estimate of drug-likeness (QED) is 0.797. The molecule has 2 aromatic carbocycles. The second kappa shape index (κ2) is 5.70. The normalized spacial score (nSPS) is 14.9. The molecule has 0 saturated carbocycles. The standard InChI is InChI=1S/C16H13BrClNO2/c1-9-4-11(6-12(18)5-9)16(17)10-2-3-14-13(7-10)19-15(20)8-21-14/h2-7,16H,8H2,1H3,(H,19,20). The van der Waals surface area contributed by atoms with Crippen LogP contribution in [0.5, 0.6) is 5.75 Å². The zero-order valence-corrected chi connectivity index (χ0v) is 13.7. The number of ether oxygens (including phenoxy) is 1. The van der Waals surface area contributed by atoms with E-state index in [2.05, 4.69) is 27.3 Å². The van der Waals surface area contributed by atoms with Crippen LogP contribution in [0.2, 0.25) is 5.02 Å². The minimum atomic E-state index is -0.135. The molecule has 2 aromatic rings. The summed E-state index contributed by atoms with van der Waals surface area (Å²) < 4.78 is 5.37. The number of benzene rings is 2. The molecular formula is C16H13BrClNO2.